The standard InChI is InChI=1S/C20H19N3O2/c24-19(11-8-14-5-2-1-3-6-14)21-15-9-10-16-17(13-15)23-20(22-16)18-7-4-12-25-18/h1-3,5-6,8-11,13,18H,4,7,12H2,(H,21,24)(H,22,23)/b11-8+. The summed E-state index contributed by atoms with van der Waals surface area (Å²) >= 11 is 0. The number of carbonyl (C=O) groups excluding carboxylic acids is 1. The number of aromatic amines is 1. The number of rotatable bonds is 4. The van der Waals surface area contributed by atoms with Crippen molar-refractivity contribution in [1.29, 1.82) is 0 Å². The van der Waals surface area contributed by atoms with Crippen molar-refractivity contribution in [2.24, 2.45) is 0 Å². The Balaban J connectivity index is 1.47. The minimum Gasteiger partial charge on any atom is -0.370 e. The molecule has 1 aromatic heterocycles. The van der Waals surface area contributed by atoms with E-state index in [1.165, 1.54) is 6.08 Å². The van der Waals surface area contributed by atoms with Crippen LogP contribution < -0.4 is 5.32 Å². The quantitative estimate of drug-likeness (QED) is 0.707. The molecule has 3 aromatic rings. The third-order valence-corrected chi connectivity index (χ3v) is 4.23. The molecule has 0 radical (unpaired) electrons. The molecule has 0 spiro atoms. The van der Waals surface area contributed by atoms with Gasteiger partial charge in [-0.3, -0.25) is 4.79 Å². The predicted octanol–water partition coefficient (Wildman–Crippen LogP) is 4.07. The number of aromatic nitrogens is 2. The van der Waals surface area contributed by atoms with E-state index in [0.717, 1.165) is 47.6 Å². The van der Waals surface area contributed by atoms with Gasteiger partial charge in [-0.05, 0) is 42.7 Å². The molecule has 1 saturated heterocycles. The minimum atomic E-state index is -0.165. The van der Waals surface area contributed by atoms with Crippen LogP contribution in [0.25, 0.3) is 17.1 Å². The highest BCUT2D eigenvalue weighted by Crippen LogP contribution is 2.28. The fourth-order valence-electron chi connectivity index (χ4n) is 2.97. The van der Waals surface area contributed by atoms with E-state index in [1.54, 1.807) is 6.08 Å². The Labute approximate surface area is 145 Å². The molecule has 126 valence electrons. The SMILES string of the molecule is O=C(/C=C/c1ccccc1)Nc1ccc2nc(C3CCCO3)[nH]c2c1. The minimum absolute atomic E-state index is 0.0549. The van der Waals surface area contributed by atoms with Crippen molar-refractivity contribution in [3.63, 3.8) is 0 Å². The lowest BCUT2D eigenvalue weighted by Gasteiger charge is -2.03. The second-order valence-corrected chi connectivity index (χ2v) is 6.09. The molecule has 1 aliphatic rings. The van der Waals surface area contributed by atoms with Gasteiger partial charge in [0.15, 0.2) is 0 Å². The maximum atomic E-state index is 12.1. The van der Waals surface area contributed by atoms with Crippen molar-refractivity contribution in [3.8, 4) is 0 Å². The van der Waals surface area contributed by atoms with Crippen LogP contribution in [0.3, 0.4) is 0 Å². The van der Waals surface area contributed by atoms with Crippen molar-refractivity contribution in [1.82, 2.24) is 9.97 Å². The van der Waals surface area contributed by atoms with Crippen LogP contribution in [0.4, 0.5) is 5.69 Å². The molecule has 5 heteroatoms. The summed E-state index contributed by atoms with van der Waals surface area (Å²) < 4.78 is 5.66. The Hall–Kier alpha value is -2.92. The van der Waals surface area contributed by atoms with Gasteiger partial charge in [0.05, 0.1) is 11.0 Å². The van der Waals surface area contributed by atoms with Crippen molar-refractivity contribution in [3.05, 3.63) is 66.0 Å². The van der Waals surface area contributed by atoms with E-state index in [1.807, 2.05) is 48.5 Å². The highest BCUT2D eigenvalue weighted by molar-refractivity contribution is 6.02. The normalized spacial score (nSPS) is 17.4. The zero-order valence-electron chi connectivity index (χ0n) is 13.7. The van der Waals surface area contributed by atoms with Gasteiger partial charge in [-0.2, -0.15) is 0 Å². The number of benzene rings is 2. The number of nitrogens with zero attached hydrogens (tertiary/aromatic N) is 1. The molecule has 1 aliphatic heterocycles. The molecule has 4 rings (SSSR count). The monoisotopic (exact) mass is 333 g/mol. The van der Waals surface area contributed by atoms with Gasteiger partial charge in [-0.15, -0.1) is 0 Å². The predicted molar refractivity (Wildman–Crippen MR) is 98.1 cm³/mol. The molecule has 25 heavy (non-hydrogen) atoms. The average molecular weight is 333 g/mol. The number of amides is 1. The number of fused-ring (bicyclic) bond motifs is 1. The Morgan fingerprint density at radius 3 is 2.92 bits per heavy atom. The number of hydrogen-bond donors (Lipinski definition) is 2. The summed E-state index contributed by atoms with van der Waals surface area (Å²) in [6.45, 7) is 0.788. The lowest BCUT2D eigenvalue weighted by molar-refractivity contribution is -0.111. The molecular weight excluding hydrogens is 314 g/mol. The second kappa shape index (κ2) is 6.91. The van der Waals surface area contributed by atoms with Crippen molar-refractivity contribution in [2.75, 3.05) is 11.9 Å². The van der Waals surface area contributed by atoms with Crippen LogP contribution in [0, 0.1) is 0 Å². The number of anilines is 1. The maximum Gasteiger partial charge on any atom is 0.248 e. The molecule has 0 aliphatic carbocycles. The zero-order chi connectivity index (χ0) is 17.1. The lowest BCUT2D eigenvalue weighted by atomic mass is 10.2. The topological polar surface area (TPSA) is 67.0 Å². The molecule has 2 N–H and O–H groups in total. The first-order valence-corrected chi connectivity index (χ1v) is 8.43. The summed E-state index contributed by atoms with van der Waals surface area (Å²) in [5, 5.41) is 2.88. The molecule has 1 unspecified atom stereocenters. The van der Waals surface area contributed by atoms with Crippen molar-refractivity contribution >= 4 is 28.7 Å². The third-order valence-electron chi connectivity index (χ3n) is 4.23. The largest absolute Gasteiger partial charge is 0.370 e. The van der Waals surface area contributed by atoms with E-state index in [2.05, 4.69) is 15.3 Å². The van der Waals surface area contributed by atoms with Gasteiger partial charge in [0.25, 0.3) is 0 Å². The summed E-state index contributed by atoms with van der Waals surface area (Å²) in [6.07, 6.45) is 5.44. The van der Waals surface area contributed by atoms with Crippen LogP contribution in [-0.2, 0) is 9.53 Å². The van der Waals surface area contributed by atoms with Gasteiger partial charge in [0, 0.05) is 18.4 Å². The smallest absolute Gasteiger partial charge is 0.248 e. The first-order valence-electron chi connectivity index (χ1n) is 8.43. The number of nitrogens with one attached hydrogen (secondary N) is 2. The number of ether oxygens (including phenoxy) is 1. The van der Waals surface area contributed by atoms with E-state index in [9.17, 15) is 4.79 Å². The van der Waals surface area contributed by atoms with Crippen molar-refractivity contribution < 1.29 is 9.53 Å². The van der Waals surface area contributed by atoms with Crippen LogP contribution in [0.2, 0.25) is 0 Å². The van der Waals surface area contributed by atoms with E-state index >= 15 is 0 Å². The molecule has 0 bridgehead atoms. The highest BCUT2D eigenvalue weighted by Gasteiger charge is 2.21. The Morgan fingerprint density at radius 1 is 1.24 bits per heavy atom. The first-order chi connectivity index (χ1) is 12.3. The molecule has 0 saturated carbocycles. The van der Waals surface area contributed by atoms with E-state index in [4.69, 9.17) is 4.74 Å². The van der Waals surface area contributed by atoms with Crippen LogP contribution >= 0.6 is 0 Å². The van der Waals surface area contributed by atoms with E-state index in [0.29, 0.717) is 0 Å². The van der Waals surface area contributed by atoms with E-state index in [-0.39, 0.29) is 12.0 Å². The number of imidazole rings is 1. The summed E-state index contributed by atoms with van der Waals surface area (Å²) in [4.78, 5) is 20.0. The number of hydrogen-bond acceptors (Lipinski definition) is 3. The van der Waals surface area contributed by atoms with Crippen LogP contribution in [0.1, 0.15) is 30.3 Å². The molecule has 1 atom stereocenters. The third kappa shape index (κ3) is 3.61. The number of carbonyl (C=O) groups is 1. The molecule has 2 heterocycles. The Kier molecular flexibility index (Phi) is 4.31. The van der Waals surface area contributed by atoms with Gasteiger partial charge >= 0.3 is 0 Å². The van der Waals surface area contributed by atoms with Gasteiger partial charge in [0.2, 0.25) is 5.91 Å². The molecule has 1 amide bonds. The van der Waals surface area contributed by atoms with Crippen LogP contribution in [-0.4, -0.2) is 22.5 Å². The first kappa shape index (κ1) is 15.6. The maximum absolute atomic E-state index is 12.1. The summed E-state index contributed by atoms with van der Waals surface area (Å²) in [5.41, 5.74) is 3.50. The second-order valence-electron chi connectivity index (χ2n) is 6.09. The van der Waals surface area contributed by atoms with E-state index < -0.39 is 0 Å². The van der Waals surface area contributed by atoms with Gasteiger partial charge in [-0.25, -0.2) is 4.98 Å². The molecule has 2 aromatic carbocycles. The average Bonchev–Trinajstić information content (AvgIpc) is 3.30. The van der Waals surface area contributed by atoms with Gasteiger partial charge < -0.3 is 15.0 Å². The molecular formula is C20H19N3O2. The summed E-state index contributed by atoms with van der Waals surface area (Å²) in [5.74, 6) is 0.696. The van der Waals surface area contributed by atoms with Crippen LogP contribution in [0.15, 0.2) is 54.6 Å². The summed E-state index contributed by atoms with van der Waals surface area (Å²) in [7, 11) is 0. The van der Waals surface area contributed by atoms with Gasteiger partial charge in [0.1, 0.15) is 11.9 Å². The van der Waals surface area contributed by atoms with Crippen molar-refractivity contribution in [2.45, 2.75) is 18.9 Å². The zero-order valence-corrected chi connectivity index (χ0v) is 13.7. The fourth-order valence-corrected chi connectivity index (χ4v) is 2.97. The summed E-state index contributed by atoms with van der Waals surface area (Å²) in [6, 6.07) is 15.4. The lowest BCUT2D eigenvalue weighted by Crippen LogP contribution is -2.07. The Bertz CT molecular complexity index is 909. The fraction of sp³-hybridized carbons (Fsp3) is 0.200. The van der Waals surface area contributed by atoms with Gasteiger partial charge in [-0.1, -0.05) is 30.3 Å². The number of H-pyrrole nitrogens is 1. The Morgan fingerprint density at radius 2 is 2.12 bits per heavy atom. The van der Waals surface area contributed by atoms with Crippen LogP contribution in [0.5, 0.6) is 0 Å². The molecule has 5 nitrogen and oxygen atoms in total. The highest BCUT2D eigenvalue weighted by atomic mass is 16.5. The molecule has 1 fully saturated rings.